The van der Waals surface area contributed by atoms with Crippen molar-refractivity contribution in [3.8, 4) is 11.5 Å². The van der Waals surface area contributed by atoms with E-state index in [4.69, 9.17) is 4.74 Å². The van der Waals surface area contributed by atoms with Gasteiger partial charge in [0.05, 0.1) is 24.3 Å². The van der Waals surface area contributed by atoms with Crippen molar-refractivity contribution in [2.75, 3.05) is 17.8 Å². The van der Waals surface area contributed by atoms with Gasteiger partial charge < -0.3 is 14.4 Å². The summed E-state index contributed by atoms with van der Waals surface area (Å²) in [7, 11) is 0. The van der Waals surface area contributed by atoms with E-state index in [-0.39, 0.29) is 5.82 Å². The van der Waals surface area contributed by atoms with Gasteiger partial charge in [-0.05, 0) is 42.3 Å². The molecule has 2 aromatic rings. The third-order valence-corrected chi connectivity index (χ3v) is 4.81. The van der Waals surface area contributed by atoms with E-state index in [2.05, 4.69) is 14.7 Å². The van der Waals surface area contributed by atoms with Crippen LogP contribution in [0, 0.1) is 5.82 Å². The molecule has 0 saturated heterocycles. The second-order valence-electron chi connectivity index (χ2n) is 6.33. The Morgan fingerprint density at radius 3 is 2.85 bits per heavy atom. The number of aliphatic imine (C=N–C) groups is 2. The zero-order valence-corrected chi connectivity index (χ0v) is 15.4. The van der Waals surface area contributed by atoms with Gasteiger partial charge in [0.2, 0.25) is 0 Å². The lowest BCUT2D eigenvalue weighted by molar-refractivity contribution is 0.481. The van der Waals surface area contributed by atoms with E-state index in [1.54, 1.807) is 12.1 Å². The molecule has 0 saturated carbocycles. The second-order valence-corrected chi connectivity index (χ2v) is 7.72. The summed E-state index contributed by atoms with van der Waals surface area (Å²) in [4.78, 5) is 11.0. The number of anilines is 1. The minimum atomic E-state index is -0.304. The molecule has 134 valence electrons. The summed E-state index contributed by atoms with van der Waals surface area (Å²) < 4.78 is 23.0. The molecule has 0 bridgehead atoms. The Kier molecular flexibility index (Phi) is 4.55. The van der Waals surface area contributed by atoms with Gasteiger partial charge in [-0.25, -0.2) is 9.38 Å². The van der Waals surface area contributed by atoms with Gasteiger partial charge in [0, 0.05) is 23.4 Å². The number of ether oxygens (including phenoxy) is 1. The first-order valence-corrected chi connectivity index (χ1v) is 9.37. The lowest BCUT2D eigenvalue weighted by Crippen LogP contribution is -2.29. The van der Waals surface area contributed by atoms with Crippen LogP contribution in [-0.4, -0.2) is 35.4 Å². The first kappa shape index (κ1) is 16.9. The van der Waals surface area contributed by atoms with E-state index in [0.29, 0.717) is 22.4 Å². The maximum absolute atomic E-state index is 14.0. The van der Waals surface area contributed by atoms with Crippen LogP contribution in [0.3, 0.4) is 0 Å². The molecule has 0 unspecified atom stereocenters. The quantitative estimate of drug-likeness (QED) is 0.767. The van der Waals surface area contributed by atoms with Crippen LogP contribution >= 0.6 is 11.9 Å². The smallest absolute Gasteiger partial charge is 0.147 e. The van der Waals surface area contributed by atoms with Crippen LogP contribution in [0.4, 0.5) is 15.8 Å². The third kappa shape index (κ3) is 3.39. The van der Waals surface area contributed by atoms with E-state index in [1.165, 1.54) is 18.0 Å². The van der Waals surface area contributed by atoms with Crippen molar-refractivity contribution in [1.29, 1.82) is 0 Å². The molecule has 0 aromatic heterocycles. The highest BCUT2D eigenvalue weighted by atomic mass is 32.2. The molecule has 0 fully saturated rings. The number of fused-ring (bicyclic) bond motifs is 3. The van der Waals surface area contributed by atoms with Gasteiger partial charge in [-0.2, -0.15) is 0 Å². The molecule has 26 heavy (non-hydrogen) atoms. The Balaban J connectivity index is 1.58. The summed E-state index contributed by atoms with van der Waals surface area (Å²) in [6.07, 6.45) is 1.82. The normalized spacial score (nSPS) is 14.9. The van der Waals surface area contributed by atoms with Crippen LogP contribution < -0.4 is 9.46 Å². The highest BCUT2D eigenvalue weighted by molar-refractivity contribution is 8.01. The van der Waals surface area contributed by atoms with E-state index < -0.39 is 0 Å². The van der Waals surface area contributed by atoms with Crippen molar-refractivity contribution >= 4 is 35.5 Å². The van der Waals surface area contributed by atoms with Crippen LogP contribution in [0.15, 0.2) is 46.4 Å². The van der Waals surface area contributed by atoms with Gasteiger partial charge in [-0.3, -0.25) is 4.99 Å². The molecule has 0 atom stereocenters. The summed E-state index contributed by atoms with van der Waals surface area (Å²) in [6.45, 7) is 5.71. The highest BCUT2D eigenvalue weighted by Crippen LogP contribution is 2.33. The number of amidine groups is 1. The Bertz CT molecular complexity index is 897. The number of hydrogen-bond acceptors (Lipinski definition) is 6. The van der Waals surface area contributed by atoms with E-state index in [9.17, 15) is 4.39 Å². The molecule has 0 radical (unpaired) electrons. The Morgan fingerprint density at radius 2 is 2.00 bits per heavy atom. The average Bonchev–Trinajstić information content (AvgIpc) is 3.11. The van der Waals surface area contributed by atoms with Gasteiger partial charge in [-0.15, -0.1) is 0 Å². The SMILES string of the molecule is CC(C)SNc1cc(Oc2ccc3c(c2)C2=NCCN2C=N3)ccc1F. The summed E-state index contributed by atoms with van der Waals surface area (Å²) in [6, 6.07) is 10.4. The van der Waals surface area contributed by atoms with E-state index in [0.717, 1.165) is 30.2 Å². The molecule has 7 heteroatoms. The van der Waals surface area contributed by atoms with E-state index >= 15 is 0 Å². The Labute approximate surface area is 156 Å². The average molecular weight is 370 g/mol. The molecule has 5 nitrogen and oxygen atoms in total. The second kappa shape index (κ2) is 6.99. The zero-order valence-electron chi connectivity index (χ0n) is 14.6. The molecule has 2 aromatic carbocycles. The molecule has 1 N–H and O–H groups in total. The van der Waals surface area contributed by atoms with Crippen molar-refractivity contribution in [2.24, 2.45) is 9.98 Å². The topological polar surface area (TPSA) is 49.2 Å². The fraction of sp³-hybridized carbons (Fsp3) is 0.263. The number of nitrogens with zero attached hydrogens (tertiary/aromatic N) is 3. The third-order valence-electron chi connectivity index (χ3n) is 4.00. The van der Waals surface area contributed by atoms with Crippen LogP contribution in [0.2, 0.25) is 0 Å². The van der Waals surface area contributed by atoms with Gasteiger partial charge >= 0.3 is 0 Å². The molecule has 0 amide bonds. The van der Waals surface area contributed by atoms with Crippen molar-refractivity contribution in [1.82, 2.24) is 4.90 Å². The molecule has 0 aliphatic carbocycles. The number of rotatable bonds is 5. The molecule has 2 aliphatic rings. The summed E-state index contributed by atoms with van der Waals surface area (Å²) >= 11 is 1.46. The fourth-order valence-electron chi connectivity index (χ4n) is 2.78. The number of benzene rings is 2. The molecule has 4 rings (SSSR count). The van der Waals surface area contributed by atoms with Crippen LogP contribution in [-0.2, 0) is 0 Å². The maximum atomic E-state index is 14.0. The number of hydrogen-bond donors (Lipinski definition) is 1. The van der Waals surface area contributed by atoms with Crippen molar-refractivity contribution < 1.29 is 9.13 Å². The standard InChI is InChI=1S/C19H19FN4OS/c1-12(2)26-23-18-10-14(3-5-16(18)20)25-13-4-6-17-15(9-13)19-21-7-8-24(19)11-22-17/h3-6,9-12,23H,7-8H2,1-2H3. The van der Waals surface area contributed by atoms with Crippen LogP contribution in [0.1, 0.15) is 19.4 Å². The largest absolute Gasteiger partial charge is 0.457 e. The van der Waals surface area contributed by atoms with Gasteiger partial charge in [-0.1, -0.05) is 13.8 Å². The lowest BCUT2D eigenvalue weighted by atomic mass is 10.1. The molecular formula is C19H19FN4OS. The van der Waals surface area contributed by atoms with Crippen molar-refractivity contribution in [3.63, 3.8) is 0 Å². The van der Waals surface area contributed by atoms with Gasteiger partial charge in [0.1, 0.15) is 23.2 Å². The van der Waals surface area contributed by atoms with Gasteiger partial charge in [0.25, 0.3) is 0 Å². The summed E-state index contributed by atoms with van der Waals surface area (Å²) in [5.74, 6) is 1.86. The van der Waals surface area contributed by atoms with Crippen LogP contribution in [0.5, 0.6) is 11.5 Å². The molecule has 0 spiro atoms. The lowest BCUT2D eigenvalue weighted by Gasteiger charge is -2.21. The minimum absolute atomic E-state index is 0.304. The molecule has 2 aliphatic heterocycles. The van der Waals surface area contributed by atoms with Crippen LogP contribution in [0.25, 0.3) is 0 Å². The Morgan fingerprint density at radius 1 is 1.19 bits per heavy atom. The van der Waals surface area contributed by atoms with Gasteiger partial charge in [0.15, 0.2) is 0 Å². The Hall–Kier alpha value is -2.54. The number of halogens is 1. The molecular weight excluding hydrogens is 351 g/mol. The first-order chi connectivity index (χ1) is 12.6. The summed E-state index contributed by atoms with van der Waals surface area (Å²) in [5.41, 5.74) is 2.25. The monoisotopic (exact) mass is 370 g/mol. The summed E-state index contributed by atoms with van der Waals surface area (Å²) in [5, 5.41) is 0.343. The van der Waals surface area contributed by atoms with E-state index in [1.807, 2.05) is 43.3 Å². The molecule has 2 heterocycles. The predicted molar refractivity (Wildman–Crippen MR) is 106 cm³/mol. The first-order valence-electron chi connectivity index (χ1n) is 8.49. The van der Waals surface area contributed by atoms with Crippen molar-refractivity contribution in [2.45, 2.75) is 19.1 Å². The number of nitrogens with one attached hydrogen (secondary N) is 1. The fourth-order valence-corrected chi connectivity index (χ4v) is 3.30. The van der Waals surface area contributed by atoms with Crippen molar-refractivity contribution in [3.05, 3.63) is 47.8 Å². The zero-order chi connectivity index (χ0) is 18.1. The maximum Gasteiger partial charge on any atom is 0.147 e. The minimum Gasteiger partial charge on any atom is -0.457 e. The highest BCUT2D eigenvalue weighted by Gasteiger charge is 2.23. The predicted octanol–water partition coefficient (Wildman–Crippen LogP) is 4.82.